The zero-order chi connectivity index (χ0) is 14.5. The van der Waals surface area contributed by atoms with Gasteiger partial charge in [0.25, 0.3) is 0 Å². The van der Waals surface area contributed by atoms with E-state index in [1.807, 2.05) is 10.8 Å². The van der Waals surface area contributed by atoms with Crippen LogP contribution >= 0.6 is 34.9 Å². The minimum absolute atomic E-state index is 0.0794. The van der Waals surface area contributed by atoms with Gasteiger partial charge in [-0.25, -0.2) is 9.97 Å². The molecule has 8 heteroatoms. The van der Waals surface area contributed by atoms with Crippen molar-refractivity contribution in [3.8, 4) is 0 Å². The molecule has 0 spiro atoms. The molecule has 0 aliphatic heterocycles. The van der Waals surface area contributed by atoms with Crippen molar-refractivity contribution in [3.63, 3.8) is 0 Å². The van der Waals surface area contributed by atoms with Crippen molar-refractivity contribution in [2.75, 3.05) is 0 Å². The lowest BCUT2D eigenvalue weighted by Gasteiger charge is -2.17. The maximum Gasteiger partial charge on any atom is 0.184 e. The molecule has 2 heterocycles. The molecule has 0 saturated heterocycles. The molecule has 0 aliphatic rings. The van der Waals surface area contributed by atoms with Gasteiger partial charge in [-0.2, -0.15) is 5.10 Å². The monoisotopic (exact) mass is 325 g/mol. The topological polar surface area (TPSA) is 76.2 Å². The number of thiocarbonyl (C=S) groups is 1. The fraction of sp³-hybridized carbons (Fsp3) is 0.333. The highest BCUT2D eigenvalue weighted by atomic mass is 32.1. The van der Waals surface area contributed by atoms with Crippen molar-refractivity contribution in [3.05, 3.63) is 33.2 Å². The first-order valence-electron chi connectivity index (χ1n) is 6.01. The molecule has 0 aliphatic carbocycles. The number of nitrogens with two attached hydrogens (primary N) is 1. The van der Waals surface area contributed by atoms with Crippen LogP contribution in [0.15, 0.2) is 28.3 Å². The summed E-state index contributed by atoms with van der Waals surface area (Å²) in [6.45, 7) is 4.14. The second-order valence-corrected chi connectivity index (χ2v) is 6.49. The van der Waals surface area contributed by atoms with Gasteiger partial charge in [0.15, 0.2) is 5.11 Å². The minimum atomic E-state index is 0.0794. The molecule has 5 nitrogen and oxygen atoms in total. The number of aromatic nitrogens is 2. The molecule has 0 radical (unpaired) electrons. The van der Waals surface area contributed by atoms with Gasteiger partial charge in [0.05, 0.1) is 5.71 Å². The Bertz CT molecular complexity index is 534. The van der Waals surface area contributed by atoms with E-state index in [1.165, 1.54) is 0 Å². The zero-order valence-corrected chi connectivity index (χ0v) is 13.6. The number of hydrogen-bond donors (Lipinski definition) is 2. The molecule has 0 fully saturated rings. The molecular weight excluding hydrogens is 310 g/mol. The van der Waals surface area contributed by atoms with Gasteiger partial charge in [0.1, 0.15) is 10.0 Å². The summed E-state index contributed by atoms with van der Waals surface area (Å²) in [5.41, 5.74) is 9.07. The lowest BCUT2D eigenvalue weighted by Crippen LogP contribution is -2.28. The predicted molar refractivity (Wildman–Crippen MR) is 88.4 cm³/mol. The number of nitrogens with zero attached hydrogens (tertiary/aromatic N) is 3. The predicted octanol–water partition coefficient (Wildman–Crippen LogP) is 2.70. The van der Waals surface area contributed by atoms with Gasteiger partial charge in [0.2, 0.25) is 0 Å². The zero-order valence-electron chi connectivity index (χ0n) is 11.1. The SMILES string of the molecule is CC(C(=NNC(N)=S)C(C)c1nccs1)c1nccs1. The first-order valence-corrected chi connectivity index (χ1v) is 8.18. The molecule has 0 aromatic carbocycles. The maximum absolute atomic E-state index is 5.47. The summed E-state index contributed by atoms with van der Waals surface area (Å²) in [6.07, 6.45) is 3.59. The van der Waals surface area contributed by atoms with Crippen LogP contribution in [0.25, 0.3) is 0 Å². The Morgan fingerprint density at radius 2 is 1.70 bits per heavy atom. The third-order valence-electron chi connectivity index (χ3n) is 2.83. The summed E-state index contributed by atoms with van der Waals surface area (Å²) >= 11 is 8.04. The summed E-state index contributed by atoms with van der Waals surface area (Å²) in [7, 11) is 0. The minimum Gasteiger partial charge on any atom is -0.375 e. The van der Waals surface area contributed by atoms with E-state index in [-0.39, 0.29) is 16.9 Å². The lowest BCUT2D eigenvalue weighted by atomic mass is 9.95. The summed E-state index contributed by atoms with van der Waals surface area (Å²) in [4.78, 5) is 8.71. The Labute approximate surface area is 131 Å². The van der Waals surface area contributed by atoms with Crippen LogP contribution in [0.3, 0.4) is 0 Å². The quantitative estimate of drug-likeness (QED) is 0.502. The fourth-order valence-corrected chi connectivity index (χ4v) is 3.30. The maximum atomic E-state index is 5.47. The van der Waals surface area contributed by atoms with Crippen LogP contribution in [0.5, 0.6) is 0 Å². The number of rotatable bonds is 5. The Kier molecular flexibility index (Phi) is 5.16. The van der Waals surface area contributed by atoms with Crippen molar-refractivity contribution in [2.24, 2.45) is 10.8 Å². The standard InChI is InChI=1S/C12H15N5S3/c1-7(10-14-3-5-19-10)9(16-17-12(13)18)8(2)11-15-4-6-20-11/h3-8H,1-2H3,(H3,13,17,18). The van der Waals surface area contributed by atoms with Gasteiger partial charge >= 0.3 is 0 Å². The number of thiazole rings is 2. The molecule has 3 N–H and O–H groups in total. The van der Waals surface area contributed by atoms with Crippen LogP contribution < -0.4 is 11.2 Å². The van der Waals surface area contributed by atoms with Gasteiger partial charge in [-0.15, -0.1) is 22.7 Å². The van der Waals surface area contributed by atoms with Crippen molar-refractivity contribution < 1.29 is 0 Å². The van der Waals surface area contributed by atoms with Crippen LogP contribution in [-0.4, -0.2) is 20.8 Å². The third-order valence-corrected chi connectivity index (χ3v) is 4.83. The molecule has 106 valence electrons. The number of hydrogen-bond acceptors (Lipinski definition) is 6. The summed E-state index contributed by atoms with van der Waals surface area (Å²) in [5.74, 6) is 0.159. The normalized spacial score (nSPS) is 13.5. The van der Waals surface area contributed by atoms with E-state index < -0.39 is 0 Å². The third kappa shape index (κ3) is 3.59. The summed E-state index contributed by atoms with van der Waals surface area (Å²) in [5, 5.41) is 10.5. The Balaban J connectivity index is 2.29. The Morgan fingerprint density at radius 3 is 2.05 bits per heavy atom. The molecule has 0 bridgehead atoms. The van der Waals surface area contributed by atoms with Gasteiger partial charge < -0.3 is 5.73 Å². The second kappa shape index (κ2) is 6.87. The van der Waals surface area contributed by atoms with Crippen molar-refractivity contribution in [2.45, 2.75) is 25.7 Å². The van der Waals surface area contributed by atoms with Crippen molar-refractivity contribution >= 4 is 45.7 Å². The van der Waals surface area contributed by atoms with E-state index in [2.05, 4.69) is 34.3 Å². The number of nitrogens with one attached hydrogen (secondary N) is 1. The van der Waals surface area contributed by atoms with Crippen LogP contribution in [0.4, 0.5) is 0 Å². The van der Waals surface area contributed by atoms with E-state index in [1.54, 1.807) is 35.1 Å². The van der Waals surface area contributed by atoms with Crippen LogP contribution in [-0.2, 0) is 0 Å². The molecule has 0 amide bonds. The lowest BCUT2D eigenvalue weighted by molar-refractivity contribution is 0.854. The highest BCUT2D eigenvalue weighted by molar-refractivity contribution is 7.80. The van der Waals surface area contributed by atoms with Gasteiger partial charge in [-0.1, -0.05) is 13.8 Å². The molecule has 20 heavy (non-hydrogen) atoms. The highest BCUT2D eigenvalue weighted by Crippen LogP contribution is 2.29. The molecule has 2 aromatic heterocycles. The largest absolute Gasteiger partial charge is 0.375 e. The first kappa shape index (κ1) is 15.0. The molecule has 2 rings (SSSR count). The number of hydrazone groups is 1. The van der Waals surface area contributed by atoms with Crippen LogP contribution in [0, 0.1) is 0 Å². The van der Waals surface area contributed by atoms with Crippen molar-refractivity contribution in [1.82, 2.24) is 15.4 Å². The van der Waals surface area contributed by atoms with E-state index in [0.717, 1.165) is 15.7 Å². The smallest absolute Gasteiger partial charge is 0.184 e. The summed E-state index contributed by atoms with van der Waals surface area (Å²) < 4.78 is 0. The van der Waals surface area contributed by atoms with Gasteiger partial charge in [-0.05, 0) is 12.2 Å². The summed E-state index contributed by atoms with van der Waals surface area (Å²) in [6, 6.07) is 0. The molecule has 0 saturated carbocycles. The second-order valence-electron chi connectivity index (χ2n) is 4.20. The van der Waals surface area contributed by atoms with E-state index >= 15 is 0 Å². The molecule has 2 aromatic rings. The van der Waals surface area contributed by atoms with Gasteiger partial charge in [0, 0.05) is 35.0 Å². The van der Waals surface area contributed by atoms with Crippen LogP contribution in [0.1, 0.15) is 35.7 Å². The Hall–Kier alpha value is -1.38. The highest BCUT2D eigenvalue weighted by Gasteiger charge is 2.24. The average molecular weight is 325 g/mol. The molecule has 2 unspecified atom stereocenters. The molecular formula is C12H15N5S3. The van der Waals surface area contributed by atoms with E-state index in [9.17, 15) is 0 Å². The van der Waals surface area contributed by atoms with Gasteiger partial charge in [-0.3, -0.25) is 5.43 Å². The van der Waals surface area contributed by atoms with Crippen molar-refractivity contribution in [1.29, 1.82) is 0 Å². The van der Waals surface area contributed by atoms with Crippen LogP contribution in [0.2, 0.25) is 0 Å². The van der Waals surface area contributed by atoms with E-state index in [0.29, 0.717) is 0 Å². The average Bonchev–Trinajstić information content (AvgIpc) is 3.11. The molecule has 2 atom stereocenters. The fourth-order valence-electron chi connectivity index (χ4n) is 1.84. The van der Waals surface area contributed by atoms with E-state index in [4.69, 9.17) is 18.0 Å². The Morgan fingerprint density at radius 1 is 1.20 bits per heavy atom. The first-order chi connectivity index (χ1) is 9.59.